The van der Waals surface area contributed by atoms with Gasteiger partial charge in [0.1, 0.15) is 5.82 Å². The maximum absolute atomic E-state index is 14.0. The zero-order chi connectivity index (χ0) is 22.6. The van der Waals surface area contributed by atoms with Gasteiger partial charge in [0.15, 0.2) is 5.78 Å². The molecule has 0 N–H and O–H groups in total. The lowest BCUT2D eigenvalue weighted by Crippen LogP contribution is -2.35. The number of carbonyl (C=O) groups is 2. The van der Waals surface area contributed by atoms with Gasteiger partial charge < -0.3 is 4.90 Å². The number of hydrogen-bond donors (Lipinski definition) is 0. The van der Waals surface area contributed by atoms with Gasteiger partial charge in [0.2, 0.25) is 5.91 Å². The first-order chi connectivity index (χ1) is 13.9. The van der Waals surface area contributed by atoms with Gasteiger partial charge in [0.25, 0.3) is 0 Å². The van der Waals surface area contributed by atoms with Crippen LogP contribution in [0.3, 0.4) is 0 Å². The first kappa shape index (κ1) is 24.5. The molecule has 1 aromatic heterocycles. The lowest BCUT2D eigenvalue weighted by Gasteiger charge is -2.25. The van der Waals surface area contributed by atoms with Crippen molar-refractivity contribution in [1.82, 2.24) is 4.90 Å². The fourth-order valence-electron chi connectivity index (χ4n) is 3.27. The number of halogens is 1. The Morgan fingerprint density at radius 1 is 1.03 bits per heavy atom. The number of benzene rings is 1. The van der Waals surface area contributed by atoms with Crippen molar-refractivity contribution in [2.24, 2.45) is 17.3 Å². The van der Waals surface area contributed by atoms with E-state index in [1.807, 2.05) is 25.7 Å². The largest absolute Gasteiger partial charge is 0.342 e. The average molecular weight is 434 g/mol. The maximum atomic E-state index is 14.0. The van der Waals surface area contributed by atoms with E-state index < -0.39 is 5.41 Å². The van der Waals surface area contributed by atoms with Crippen molar-refractivity contribution in [2.75, 3.05) is 13.1 Å². The van der Waals surface area contributed by atoms with Crippen LogP contribution in [-0.2, 0) is 11.2 Å². The lowest BCUT2D eigenvalue weighted by atomic mass is 9.88. The Morgan fingerprint density at radius 3 is 2.10 bits per heavy atom. The molecule has 1 heterocycles. The van der Waals surface area contributed by atoms with Crippen LogP contribution in [0.5, 0.6) is 0 Å². The summed E-state index contributed by atoms with van der Waals surface area (Å²) >= 11 is 1.37. The molecular weight excluding hydrogens is 397 g/mol. The predicted octanol–water partition coefficient (Wildman–Crippen LogP) is 6.73. The normalized spacial score (nSPS) is 12.2. The summed E-state index contributed by atoms with van der Waals surface area (Å²) in [7, 11) is 0. The molecule has 0 radical (unpaired) electrons. The minimum atomic E-state index is -0.563. The minimum absolute atomic E-state index is 0.00261. The number of rotatable bonds is 9. The van der Waals surface area contributed by atoms with Gasteiger partial charge in [-0.05, 0) is 53.8 Å². The average Bonchev–Trinajstić information content (AvgIpc) is 2.97. The Kier molecular flexibility index (Phi) is 8.20. The Labute approximate surface area is 184 Å². The van der Waals surface area contributed by atoms with Crippen LogP contribution >= 0.6 is 11.3 Å². The summed E-state index contributed by atoms with van der Waals surface area (Å²) in [6, 6.07) is 4.58. The van der Waals surface area contributed by atoms with Gasteiger partial charge in [0.05, 0.1) is 11.3 Å². The molecule has 0 unspecified atom stereocenters. The van der Waals surface area contributed by atoms with Gasteiger partial charge in [-0.1, -0.05) is 48.5 Å². The van der Waals surface area contributed by atoms with E-state index in [0.29, 0.717) is 40.8 Å². The minimum Gasteiger partial charge on any atom is -0.342 e. The topological polar surface area (TPSA) is 37.4 Å². The quantitative estimate of drug-likeness (QED) is 0.411. The molecule has 0 bridgehead atoms. The summed E-state index contributed by atoms with van der Waals surface area (Å²) in [6.45, 7) is 15.7. The number of fused-ring (bicyclic) bond motifs is 1. The summed E-state index contributed by atoms with van der Waals surface area (Å²) < 4.78 is 14.9. The summed E-state index contributed by atoms with van der Waals surface area (Å²) in [6.07, 6.45) is 2.02. The van der Waals surface area contributed by atoms with Crippen molar-refractivity contribution in [3.63, 3.8) is 0 Å². The fourth-order valence-corrected chi connectivity index (χ4v) is 4.62. The van der Waals surface area contributed by atoms with E-state index in [-0.39, 0.29) is 23.9 Å². The summed E-state index contributed by atoms with van der Waals surface area (Å²) in [5, 5.41) is 0.689. The van der Waals surface area contributed by atoms with Gasteiger partial charge >= 0.3 is 0 Å². The van der Waals surface area contributed by atoms with Crippen LogP contribution in [0.2, 0.25) is 0 Å². The molecule has 2 rings (SSSR count). The van der Waals surface area contributed by atoms with Crippen LogP contribution in [-0.4, -0.2) is 29.7 Å². The lowest BCUT2D eigenvalue weighted by molar-refractivity contribution is -0.130. The third kappa shape index (κ3) is 6.37. The van der Waals surface area contributed by atoms with Gasteiger partial charge in [-0.3, -0.25) is 9.59 Å². The molecule has 0 fully saturated rings. The predicted molar refractivity (Wildman–Crippen MR) is 125 cm³/mol. The first-order valence-corrected chi connectivity index (χ1v) is 11.7. The number of Topliss-reactive ketones (excluding diaryl/α,β-unsaturated/α-hetero) is 1. The van der Waals surface area contributed by atoms with Crippen molar-refractivity contribution < 1.29 is 14.0 Å². The van der Waals surface area contributed by atoms with E-state index >= 15 is 0 Å². The van der Waals surface area contributed by atoms with Crippen molar-refractivity contribution >= 4 is 33.1 Å². The highest BCUT2D eigenvalue weighted by molar-refractivity contribution is 7.21. The van der Waals surface area contributed by atoms with Crippen molar-refractivity contribution in [1.29, 1.82) is 0 Å². The molecule has 30 heavy (non-hydrogen) atoms. The third-order valence-corrected chi connectivity index (χ3v) is 6.49. The molecule has 1 amide bonds. The van der Waals surface area contributed by atoms with Crippen LogP contribution in [0.15, 0.2) is 18.2 Å². The van der Waals surface area contributed by atoms with Gasteiger partial charge in [-0.2, -0.15) is 0 Å². The van der Waals surface area contributed by atoms with Crippen molar-refractivity contribution in [2.45, 2.75) is 67.7 Å². The number of nitrogens with zero attached hydrogens (tertiary/aromatic N) is 1. The number of amides is 1. The number of hydrogen-bond acceptors (Lipinski definition) is 3. The zero-order valence-corrected chi connectivity index (χ0v) is 20.3. The molecule has 166 valence electrons. The smallest absolute Gasteiger partial charge is 0.227 e. The molecule has 1 aromatic carbocycles. The van der Waals surface area contributed by atoms with Crippen LogP contribution in [0.1, 0.15) is 76.5 Å². The molecule has 0 aliphatic carbocycles. The molecular formula is C25H36FNO2S. The van der Waals surface area contributed by atoms with Crippen molar-refractivity contribution in [3.05, 3.63) is 34.5 Å². The van der Waals surface area contributed by atoms with E-state index in [2.05, 4.69) is 27.7 Å². The molecule has 0 aliphatic heterocycles. The second-order valence-electron chi connectivity index (χ2n) is 10.1. The molecule has 0 saturated carbocycles. The highest BCUT2D eigenvalue weighted by atomic mass is 32.1. The Morgan fingerprint density at radius 2 is 1.60 bits per heavy atom. The number of ketones is 1. The van der Waals surface area contributed by atoms with E-state index in [0.717, 1.165) is 17.5 Å². The van der Waals surface area contributed by atoms with E-state index in [1.165, 1.54) is 23.5 Å². The van der Waals surface area contributed by atoms with E-state index in [4.69, 9.17) is 0 Å². The SMILES string of the molecule is CC(C)CCN(CCC(C)C)C(=O)Cc1c(C(=O)C(C)(C)C)sc2ccc(F)cc12. The molecule has 0 saturated heterocycles. The summed E-state index contributed by atoms with van der Waals surface area (Å²) in [4.78, 5) is 28.9. The van der Waals surface area contributed by atoms with Gasteiger partial charge in [-0.15, -0.1) is 11.3 Å². The summed E-state index contributed by atoms with van der Waals surface area (Å²) in [5.74, 6) is 0.688. The maximum Gasteiger partial charge on any atom is 0.227 e. The monoisotopic (exact) mass is 433 g/mol. The fraction of sp³-hybridized carbons (Fsp3) is 0.600. The van der Waals surface area contributed by atoms with Gasteiger partial charge in [0, 0.05) is 23.2 Å². The molecule has 3 nitrogen and oxygen atoms in total. The standard InChI is InChI=1S/C25H36FNO2S/c1-16(2)10-12-27(13-11-17(3)4)22(28)15-20-19-14-18(26)8-9-21(19)30-23(20)24(29)25(5,6)7/h8-9,14,16-17H,10-13,15H2,1-7H3. The second-order valence-corrected chi connectivity index (χ2v) is 11.1. The number of carbonyl (C=O) groups excluding carboxylic acids is 2. The Balaban J connectivity index is 2.42. The van der Waals surface area contributed by atoms with Crippen molar-refractivity contribution in [3.8, 4) is 0 Å². The molecule has 0 atom stereocenters. The van der Waals surface area contributed by atoms with Crippen LogP contribution in [0.4, 0.5) is 4.39 Å². The van der Waals surface area contributed by atoms with E-state index in [9.17, 15) is 14.0 Å². The Bertz CT molecular complexity index is 880. The number of thiophene rings is 1. The molecule has 0 spiro atoms. The first-order valence-electron chi connectivity index (χ1n) is 10.9. The van der Waals surface area contributed by atoms with E-state index in [1.54, 1.807) is 6.07 Å². The second kappa shape index (κ2) is 10.0. The summed E-state index contributed by atoms with van der Waals surface area (Å²) in [5.41, 5.74) is 0.116. The van der Waals surface area contributed by atoms with Gasteiger partial charge in [-0.25, -0.2) is 4.39 Å². The van der Waals surface area contributed by atoms with Crippen LogP contribution in [0.25, 0.3) is 10.1 Å². The molecule has 5 heteroatoms. The van der Waals surface area contributed by atoms with Crippen LogP contribution < -0.4 is 0 Å². The third-order valence-electron chi connectivity index (χ3n) is 5.27. The molecule has 2 aromatic rings. The molecule has 0 aliphatic rings. The highest BCUT2D eigenvalue weighted by Gasteiger charge is 2.30. The van der Waals surface area contributed by atoms with Crippen LogP contribution in [0, 0.1) is 23.1 Å². The zero-order valence-electron chi connectivity index (χ0n) is 19.5. The highest BCUT2D eigenvalue weighted by Crippen LogP contribution is 2.36. The Hall–Kier alpha value is -1.75.